The first kappa shape index (κ1) is 21.0. The molecule has 0 fully saturated rings. The van der Waals surface area contributed by atoms with Crippen molar-refractivity contribution in [3.8, 4) is 23.0 Å². The monoisotopic (exact) mass is 475 g/mol. The summed E-state index contributed by atoms with van der Waals surface area (Å²) in [6, 6.07) is 15.7. The predicted octanol–water partition coefficient (Wildman–Crippen LogP) is 4.20. The Morgan fingerprint density at radius 3 is 2.66 bits per heavy atom. The summed E-state index contributed by atoms with van der Waals surface area (Å²) in [4.78, 5) is 26.6. The van der Waals surface area contributed by atoms with Crippen LogP contribution in [0.25, 0.3) is 11.0 Å². The number of amides is 1. The molecule has 1 aromatic heterocycles. The smallest absolute Gasteiger partial charge is 0.344 e. The van der Waals surface area contributed by atoms with Crippen molar-refractivity contribution in [3.05, 3.63) is 88.0 Å². The quantitative estimate of drug-likeness (QED) is 0.442. The molecule has 0 spiro atoms. The molecule has 0 saturated heterocycles. The Balaban J connectivity index is 1.51. The van der Waals surface area contributed by atoms with Gasteiger partial charge in [-0.05, 0) is 54.1 Å². The number of ether oxygens (including phenoxy) is 4. The van der Waals surface area contributed by atoms with E-state index in [9.17, 15) is 14.0 Å². The van der Waals surface area contributed by atoms with Crippen molar-refractivity contribution < 1.29 is 32.5 Å². The highest BCUT2D eigenvalue weighted by Gasteiger charge is 2.45. The number of halogens is 1. The summed E-state index contributed by atoms with van der Waals surface area (Å²) in [5, 5.41) is 3.31. The van der Waals surface area contributed by atoms with Gasteiger partial charge in [0.05, 0.1) is 24.0 Å². The summed E-state index contributed by atoms with van der Waals surface area (Å²) in [7, 11) is 1.49. The molecule has 2 aliphatic rings. The Bertz CT molecular complexity index is 1530. The molecule has 1 N–H and O–H groups in total. The van der Waals surface area contributed by atoms with Crippen LogP contribution in [-0.2, 0) is 4.79 Å². The highest BCUT2D eigenvalue weighted by atomic mass is 19.1. The average molecular weight is 475 g/mol. The summed E-state index contributed by atoms with van der Waals surface area (Å²) in [5.74, 6) is -0.248. The first-order valence-corrected chi connectivity index (χ1v) is 10.8. The van der Waals surface area contributed by atoms with Gasteiger partial charge in [-0.2, -0.15) is 0 Å². The fourth-order valence-corrected chi connectivity index (χ4v) is 4.50. The topological polar surface area (TPSA) is 96.2 Å². The van der Waals surface area contributed by atoms with E-state index in [1.165, 1.54) is 31.4 Å². The van der Waals surface area contributed by atoms with E-state index in [0.717, 1.165) is 0 Å². The summed E-state index contributed by atoms with van der Waals surface area (Å²) < 4.78 is 41.6. The first-order chi connectivity index (χ1) is 17.0. The second-order valence-electron chi connectivity index (χ2n) is 8.10. The van der Waals surface area contributed by atoms with Gasteiger partial charge in [0, 0.05) is 5.69 Å². The molecule has 6 rings (SSSR count). The zero-order valence-electron chi connectivity index (χ0n) is 18.4. The Hall–Kier alpha value is -4.53. The van der Waals surface area contributed by atoms with Crippen molar-refractivity contribution in [1.82, 2.24) is 0 Å². The molecular formula is C26H18FNO7. The number of hydrogen-bond acceptors (Lipinski definition) is 7. The maximum atomic E-state index is 13.4. The van der Waals surface area contributed by atoms with E-state index in [0.29, 0.717) is 39.5 Å². The van der Waals surface area contributed by atoms with Gasteiger partial charge in [-0.15, -0.1) is 0 Å². The normalized spacial score (nSPS) is 17.7. The minimum absolute atomic E-state index is 0.0220. The molecule has 3 heterocycles. The van der Waals surface area contributed by atoms with Crippen LogP contribution in [0.2, 0.25) is 0 Å². The predicted molar refractivity (Wildman–Crippen MR) is 123 cm³/mol. The van der Waals surface area contributed by atoms with Crippen molar-refractivity contribution in [3.63, 3.8) is 0 Å². The second kappa shape index (κ2) is 8.05. The highest BCUT2D eigenvalue weighted by molar-refractivity contribution is 5.97. The van der Waals surface area contributed by atoms with Crippen LogP contribution in [-0.4, -0.2) is 25.9 Å². The third kappa shape index (κ3) is 3.43. The molecule has 176 valence electrons. The number of hydrogen-bond donors (Lipinski definition) is 1. The van der Waals surface area contributed by atoms with Crippen LogP contribution < -0.4 is 29.9 Å². The van der Waals surface area contributed by atoms with Crippen LogP contribution in [0.15, 0.2) is 69.9 Å². The van der Waals surface area contributed by atoms with Crippen LogP contribution in [0.4, 0.5) is 10.1 Å². The number of nitrogens with one attached hydrogen (secondary N) is 1. The van der Waals surface area contributed by atoms with Crippen molar-refractivity contribution in [1.29, 1.82) is 0 Å². The zero-order chi connectivity index (χ0) is 24.1. The first-order valence-electron chi connectivity index (χ1n) is 10.8. The number of fused-ring (bicyclic) bond motifs is 4. The lowest BCUT2D eigenvalue weighted by Crippen LogP contribution is -2.35. The van der Waals surface area contributed by atoms with Crippen LogP contribution in [0.5, 0.6) is 23.0 Å². The molecule has 0 bridgehead atoms. The Labute approximate surface area is 197 Å². The molecular weight excluding hydrogens is 457 g/mol. The lowest BCUT2D eigenvalue weighted by Gasteiger charge is -2.20. The minimum Gasteiger partial charge on any atom is -0.493 e. The fraction of sp³-hybridized carbons (Fsp3) is 0.154. The fourth-order valence-electron chi connectivity index (χ4n) is 4.50. The molecule has 0 unspecified atom stereocenters. The third-order valence-corrected chi connectivity index (χ3v) is 6.07. The van der Waals surface area contributed by atoms with Gasteiger partial charge in [0.15, 0.2) is 17.6 Å². The van der Waals surface area contributed by atoms with E-state index in [2.05, 4.69) is 5.32 Å². The van der Waals surface area contributed by atoms with Crippen molar-refractivity contribution in [2.75, 3.05) is 19.2 Å². The number of carbonyl (C=O) groups is 1. The molecule has 4 aromatic rings. The van der Waals surface area contributed by atoms with Gasteiger partial charge in [-0.3, -0.25) is 4.79 Å². The summed E-state index contributed by atoms with van der Waals surface area (Å²) >= 11 is 0. The number of para-hydroxylation sites is 1. The van der Waals surface area contributed by atoms with E-state index < -0.39 is 29.4 Å². The van der Waals surface area contributed by atoms with Crippen LogP contribution in [0.3, 0.4) is 0 Å². The van der Waals surface area contributed by atoms with Crippen LogP contribution in [0.1, 0.15) is 17.0 Å². The third-order valence-electron chi connectivity index (χ3n) is 6.07. The van der Waals surface area contributed by atoms with E-state index in [4.69, 9.17) is 23.4 Å². The average Bonchev–Trinajstić information content (AvgIpc) is 3.50. The van der Waals surface area contributed by atoms with E-state index >= 15 is 0 Å². The van der Waals surface area contributed by atoms with Gasteiger partial charge >= 0.3 is 5.63 Å². The standard InChI is InChI=1S/C26H18FNO7/c1-31-18-10-13(11-19-23(18)33-12-32-19)20-21-22(16-4-2-3-5-17(16)34-26(21)30)35-24(20)25(29)28-15-8-6-14(27)7-9-15/h2-11,20,24H,12H2,1H3,(H,28,29)/t20-,24+/m0/s1. The maximum Gasteiger partial charge on any atom is 0.344 e. The molecule has 0 saturated carbocycles. The van der Waals surface area contributed by atoms with E-state index in [1.807, 2.05) is 0 Å². The molecule has 3 aromatic carbocycles. The van der Waals surface area contributed by atoms with Gasteiger partial charge in [0.1, 0.15) is 17.1 Å². The second-order valence-corrected chi connectivity index (χ2v) is 8.10. The van der Waals surface area contributed by atoms with Gasteiger partial charge in [-0.25, -0.2) is 9.18 Å². The largest absolute Gasteiger partial charge is 0.493 e. The number of carbonyl (C=O) groups excluding carboxylic acids is 1. The van der Waals surface area contributed by atoms with E-state index in [-0.39, 0.29) is 18.1 Å². The van der Waals surface area contributed by atoms with Crippen molar-refractivity contribution >= 4 is 22.6 Å². The SMILES string of the molecule is COc1cc([C@H]2c3c(c4ccccc4oc3=O)O[C@H]2C(=O)Nc2ccc(F)cc2)cc2c1OCO2. The Kier molecular flexibility index (Phi) is 4.84. The lowest BCUT2D eigenvalue weighted by molar-refractivity contribution is -0.122. The summed E-state index contributed by atoms with van der Waals surface area (Å²) in [6.45, 7) is 0.0220. The van der Waals surface area contributed by atoms with Gasteiger partial charge in [-0.1, -0.05) is 12.1 Å². The molecule has 0 aliphatic carbocycles. The molecule has 0 radical (unpaired) electrons. The molecule has 2 atom stereocenters. The van der Waals surface area contributed by atoms with Gasteiger partial charge in [0.25, 0.3) is 5.91 Å². The van der Waals surface area contributed by atoms with E-state index in [1.54, 1.807) is 36.4 Å². The maximum absolute atomic E-state index is 13.4. The van der Waals surface area contributed by atoms with Gasteiger partial charge in [0.2, 0.25) is 12.5 Å². The van der Waals surface area contributed by atoms with Gasteiger partial charge < -0.3 is 28.7 Å². The number of methoxy groups -OCH3 is 1. The number of rotatable bonds is 4. The number of benzene rings is 3. The Morgan fingerprint density at radius 2 is 1.86 bits per heavy atom. The summed E-state index contributed by atoms with van der Waals surface area (Å²) in [6.07, 6.45) is -1.13. The van der Waals surface area contributed by atoms with Crippen molar-refractivity contribution in [2.45, 2.75) is 12.0 Å². The molecule has 35 heavy (non-hydrogen) atoms. The highest BCUT2D eigenvalue weighted by Crippen LogP contribution is 2.49. The van der Waals surface area contributed by atoms with Crippen molar-refractivity contribution in [2.24, 2.45) is 0 Å². The van der Waals surface area contributed by atoms with Crippen LogP contribution in [0, 0.1) is 5.82 Å². The molecule has 9 heteroatoms. The molecule has 2 aliphatic heterocycles. The molecule has 1 amide bonds. The lowest BCUT2D eigenvalue weighted by atomic mass is 9.87. The van der Waals surface area contributed by atoms with Crippen LogP contribution >= 0.6 is 0 Å². The zero-order valence-corrected chi connectivity index (χ0v) is 18.4. The number of anilines is 1. The summed E-state index contributed by atoms with van der Waals surface area (Å²) in [5.41, 5.74) is 0.876. The molecule has 8 nitrogen and oxygen atoms in total. The minimum atomic E-state index is -1.13. The Morgan fingerprint density at radius 1 is 1.06 bits per heavy atom.